The maximum Gasteiger partial charge on any atom is 0.302 e. The van der Waals surface area contributed by atoms with Crippen molar-refractivity contribution in [2.75, 3.05) is 18.1 Å². The Balaban J connectivity index is 1.49. The number of nitrogens with one attached hydrogen (secondary N) is 1. The second-order valence-electron chi connectivity index (χ2n) is 7.48. The van der Waals surface area contributed by atoms with Gasteiger partial charge in [0, 0.05) is 24.3 Å². The van der Waals surface area contributed by atoms with E-state index in [1.807, 2.05) is 0 Å². The highest BCUT2D eigenvalue weighted by molar-refractivity contribution is 8.00. The number of aliphatic hydroxyl groups excluding tert-OH is 1. The number of halogens is 2. The van der Waals surface area contributed by atoms with Gasteiger partial charge in [0.05, 0.1) is 11.8 Å². The number of aromatic amines is 1. The molecular weight excluding hydrogens is 424 g/mol. The molecule has 1 aromatic carbocycles. The maximum absolute atomic E-state index is 14.5. The molecule has 10 heteroatoms. The number of aliphatic hydroxyl groups is 1. The molecule has 7 nitrogen and oxygen atoms in total. The van der Waals surface area contributed by atoms with E-state index >= 15 is 0 Å². The van der Waals surface area contributed by atoms with Gasteiger partial charge in [-0.2, -0.15) is 14.0 Å². The third-order valence-corrected chi connectivity index (χ3v) is 6.25. The highest BCUT2D eigenvalue weighted by Gasteiger charge is 2.39. The number of carbonyl (C=O) groups is 1. The standard InChI is InChI=1S/C21H27F2N5O2S/c22-21(23,16-8-4-3-5-9-16)18(29)12-11-17-14-31-15-20(30)28(17)13-7-2-1-6-10-19-24-26-27-25-19/h3-5,8-9,11-12,17-18,29H,1-2,6-7,10,13-15H2,(H,24,25,26,27)/b12-11+/t17-,18+/m0/s1. The van der Waals surface area contributed by atoms with Gasteiger partial charge in [-0.1, -0.05) is 60.5 Å². The van der Waals surface area contributed by atoms with E-state index in [1.165, 1.54) is 36.0 Å². The number of carbonyl (C=O) groups excluding carboxylic acids is 1. The molecule has 2 N–H and O–H groups in total. The number of hydrogen-bond acceptors (Lipinski definition) is 6. The van der Waals surface area contributed by atoms with Gasteiger partial charge in [-0.05, 0) is 12.8 Å². The van der Waals surface area contributed by atoms with Crippen LogP contribution in [-0.4, -0.2) is 66.7 Å². The molecule has 0 bridgehead atoms. The van der Waals surface area contributed by atoms with E-state index in [4.69, 9.17) is 0 Å². The van der Waals surface area contributed by atoms with Crippen molar-refractivity contribution in [3.05, 3.63) is 53.9 Å². The van der Waals surface area contributed by atoms with E-state index in [2.05, 4.69) is 20.6 Å². The van der Waals surface area contributed by atoms with Crippen LogP contribution in [0.2, 0.25) is 0 Å². The zero-order chi connectivity index (χ0) is 22.1. The smallest absolute Gasteiger partial charge is 0.302 e. The fourth-order valence-corrected chi connectivity index (χ4v) is 4.46. The summed E-state index contributed by atoms with van der Waals surface area (Å²) in [5, 5.41) is 23.9. The van der Waals surface area contributed by atoms with Crippen molar-refractivity contribution in [1.29, 1.82) is 0 Å². The lowest BCUT2D eigenvalue weighted by Crippen LogP contribution is -2.46. The Labute approximate surface area is 184 Å². The Morgan fingerprint density at radius 3 is 2.77 bits per heavy atom. The maximum atomic E-state index is 14.5. The molecule has 1 aliphatic heterocycles. The number of H-pyrrole nitrogens is 1. The van der Waals surface area contributed by atoms with Crippen LogP contribution in [0.4, 0.5) is 8.78 Å². The van der Waals surface area contributed by atoms with Crippen LogP contribution in [0.15, 0.2) is 42.5 Å². The van der Waals surface area contributed by atoms with Gasteiger partial charge >= 0.3 is 5.92 Å². The normalized spacial score (nSPS) is 18.6. The first-order valence-electron chi connectivity index (χ1n) is 10.4. The fraction of sp³-hybridized carbons (Fsp3) is 0.524. The van der Waals surface area contributed by atoms with E-state index < -0.39 is 12.0 Å². The summed E-state index contributed by atoms with van der Waals surface area (Å²) in [6.45, 7) is 0.571. The predicted molar refractivity (Wildman–Crippen MR) is 115 cm³/mol. The summed E-state index contributed by atoms with van der Waals surface area (Å²) in [5.74, 6) is -1.68. The van der Waals surface area contributed by atoms with E-state index in [0.717, 1.165) is 38.2 Å². The molecule has 2 heterocycles. The Bertz CT molecular complexity index is 836. The molecule has 1 aliphatic rings. The Morgan fingerprint density at radius 2 is 2.03 bits per heavy atom. The molecule has 1 fully saturated rings. The summed E-state index contributed by atoms with van der Waals surface area (Å²) in [6, 6.07) is 6.96. The molecule has 0 unspecified atom stereocenters. The molecular formula is C21H27F2N5O2S. The van der Waals surface area contributed by atoms with Crippen LogP contribution < -0.4 is 0 Å². The van der Waals surface area contributed by atoms with Gasteiger partial charge < -0.3 is 10.0 Å². The monoisotopic (exact) mass is 451 g/mol. The molecule has 1 saturated heterocycles. The van der Waals surface area contributed by atoms with Crippen molar-refractivity contribution in [3.63, 3.8) is 0 Å². The lowest BCUT2D eigenvalue weighted by atomic mass is 10.0. The molecule has 1 aromatic heterocycles. The van der Waals surface area contributed by atoms with Crippen LogP contribution in [0.3, 0.4) is 0 Å². The van der Waals surface area contributed by atoms with Crippen LogP contribution in [-0.2, 0) is 17.1 Å². The second-order valence-corrected chi connectivity index (χ2v) is 8.51. The van der Waals surface area contributed by atoms with Gasteiger partial charge in [0.2, 0.25) is 5.91 Å². The Kier molecular flexibility index (Phi) is 8.53. The summed E-state index contributed by atoms with van der Waals surface area (Å²) in [6.07, 6.45) is 5.16. The summed E-state index contributed by atoms with van der Waals surface area (Å²) < 4.78 is 29.0. The van der Waals surface area contributed by atoms with E-state index in [1.54, 1.807) is 17.0 Å². The number of nitrogens with zero attached hydrogens (tertiary/aromatic N) is 4. The minimum atomic E-state index is -3.40. The first-order valence-corrected chi connectivity index (χ1v) is 11.5. The lowest BCUT2D eigenvalue weighted by Gasteiger charge is -2.34. The number of amides is 1. The zero-order valence-electron chi connectivity index (χ0n) is 17.2. The van der Waals surface area contributed by atoms with Crippen molar-refractivity contribution >= 4 is 17.7 Å². The minimum Gasteiger partial charge on any atom is -0.382 e. The number of alkyl halides is 2. The number of thioether (sulfide) groups is 1. The molecule has 0 aliphatic carbocycles. The van der Waals surface area contributed by atoms with Crippen molar-refractivity contribution < 1.29 is 18.7 Å². The number of unbranched alkanes of at least 4 members (excludes halogenated alkanes) is 3. The number of aryl methyl sites for hydroxylation is 1. The number of tetrazole rings is 1. The first-order chi connectivity index (χ1) is 15.0. The predicted octanol–water partition coefficient (Wildman–Crippen LogP) is 2.96. The van der Waals surface area contributed by atoms with E-state index in [9.17, 15) is 18.7 Å². The lowest BCUT2D eigenvalue weighted by molar-refractivity contribution is -0.129. The third-order valence-electron chi connectivity index (χ3n) is 5.22. The van der Waals surface area contributed by atoms with Crippen molar-refractivity contribution in [3.8, 4) is 0 Å². The topological polar surface area (TPSA) is 95.0 Å². The van der Waals surface area contributed by atoms with E-state index in [-0.39, 0.29) is 17.5 Å². The summed E-state index contributed by atoms with van der Waals surface area (Å²) in [4.78, 5) is 14.1. The number of rotatable bonds is 11. The molecule has 0 radical (unpaired) electrons. The third kappa shape index (κ3) is 6.57. The average Bonchev–Trinajstić information content (AvgIpc) is 3.29. The molecule has 2 aromatic rings. The molecule has 168 valence electrons. The van der Waals surface area contributed by atoms with Gasteiger partial charge in [0.15, 0.2) is 5.82 Å². The average molecular weight is 452 g/mol. The number of benzene rings is 1. The van der Waals surface area contributed by atoms with Crippen LogP contribution in [0.5, 0.6) is 0 Å². The SMILES string of the molecule is O=C1CSC[C@H](/C=C/[C@@H](O)C(F)(F)c2ccccc2)N1CCCCCCc1nn[nH]n1. The van der Waals surface area contributed by atoms with Crippen LogP contribution in [0.1, 0.15) is 37.1 Å². The molecule has 0 spiro atoms. The molecule has 31 heavy (non-hydrogen) atoms. The molecule has 1 amide bonds. The highest BCUT2D eigenvalue weighted by atomic mass is 32.2. The van der Waals surface area contributed by atoms with Gasteiger partial charge in [0.1, 0.15) is 6.10 Å². The fourth-order valence-electron chi connectivity index (χ4n) is 3.47. The number of aromatic nitrogens is 4. The van der Waals surface area contributed by atoms with Gasteiger partial charge in [0.25, 0.3) is 0 Å². The Hall–Kier alpha value is -2.33. The van der Waals surface area contributed by atoms with Crippen LogP contribution in [0.25, 0.3) is 0 Å². The van der Waals surface area contributed by atoms with Crippen molar-refractivity contribution in [2.24, 2.45) is 0 Å². The largest absolute Gasteiger partial charge is 0.382 e. The minimum absolute atomic E-state index is 0.00186. The summed E-state index contributed by atoms with van der Waals surface area (Å²) in [7, 11) is 0. The van der Waals surface area contributed by atoms with Crippen molar-refractivity contribution in [2.45, 2.75) is 50.2 Å². The van der Waals surface area contributed by atoms with Crippen LogP contribution in [0, 0.1) is 0 Å². The molecule has 3 rings (SSSR count). The number of hydrogen-bond donors (Lipinski definition) is 2. The van der Waals surface area contributed by atoms with Crippen LogP contribution >= 0.6 is 11.8 Å². The second kappa shape index (κ2) is 11.3. The van der Waals surface area contributed by atoms with E-state index in [0.29, 0.717) is 23.9 Å². The van der Waals surface area contributed by atoms with Gasteiger partial charge in [-0.15, -0.1) is 22.0 Å². The highest BCUT2D eigenvalue weighted by Crippen LogP contribution is 2.32. The first kappa shape index (κ1) is 23.3. The molecule has 0 saturated carbocycles. The quantitative estimate of drug-likeness (QED) is 0.403. The summed E-state index contributed by atoms with van der Waals surface area (Å²) >= 11 is 1.48. The molecule has 2 atom stereocenters. The van der Waals surface area contributed by atoms with Gasteiger partial charge in [-0.3, -0.25) is 4.79 Å². The van der Waals surface area contributed by atoms with Gasteiger partial charge in [-0.25, -0.2) is 0 Å². The Morgan fingerprint density at radius 1 is 1.26 bits per heavy atom. The van der Waals surface area contributed by atoms with Crippen molar-refractivity contribution in [1.82, 2.24) is 25.5 Å². The zero-order valence-corrected chi connectivity index (χ0v) is 18.0. The summed E-state index contributed by atoms with van der Waals surface area (Å²) in [5.41, 5.74) is -0.237.